The van der Waals surface area contributed by atoms with E-state index < -0.39 is 46.9 Å². The van der Waals surface area contributed by atoms with Gasteiger partial charge in [0, 0.05) is 9.40 Å². The van der Waals surface area contributed by atoms with Crippen LogP contribution >= 0.6 is 15.9 Å². The second-order valence-corrected chi connectivity index (χ2v) is 8.04. The van der Waals surface area contributed by atoms with Crippen LogP contribution in [0, 0.1) is 16.0 Å². The fraction of sp³-hybridized carbons (Fsp3) is 0.500. The molecule has 152 valence electrons. The van der Waals surface area contributed by atoms with Gasteiger partial charge >= 0.3 is 12.1 Å². The third-order valence-corrected chi connectivity index (χ3v) is 4.62. The smallest absolute Gasteiger partial charge is 0.421 e. The van der Waals surface area contributed by atoms with E-state index in [-0.39, 0.29) is 12.3 Å². The number of halogens is 1. The molecular formula is C18H21BrN2O7. The van der Waals surface area contributed by atoms with E-state index in [0.29, 0.717) is 10.0 Å². The van der Waals surface area contributed by atoms with Crippen molar-refractivity contribution in [3.63, 3.8) is 0 Å². The third-order valence-electron chi connectivity index (χ3n) is 3.98. The van der Waals surface area contributed by atoms with Crippen LogP contribution in [0.2, 0.25) is 0 Å². The summed E-state index contributed by atoms with van der Waals surface area (Å²) in [5, 5.41) is 11.1. The molecule has 2 rings (SSSR count). The highest BCUT2D eigenvalue weighted by molar-refractivity contribution is 9.10. The SMILES string of the molecule is CCOC(=O)[C@@H](C[N+](=O)[O-])[C@H]1C(=O)N(C(=O)OC(C)(C)C)c2c(Br)cccc21. The van der Waals surface area contributed by atoms with E-state index in [2.05, 4.69) is 15.9 Å². The van der Waals surface area contributed by atoms with Gasteiger partial charge in [-0.2, -0.15) is 0 Å². The van der Waals surface area contributed by atoms with Crippen molar-refractivity contribution >= 4 is 39.6 Å². The summed E-state index contributed by atoms with van der Waals surface area (Å²) >= 11 is 3.31. The number of hydrogen-bond acceptors (Lipinski definition) is 7. The van der Waals surface area contributed by atoms with Gasteiger partial charge < -0.3 is 9.47 Å². The summed E-state index contributed by atoms with van der Waals surface area (Å²) in [6.45, 7) is 5.72. The second kappa shape index (κ2) is 8.26. The van der Waals surface area contributed by atoms with Crippen LogP contribution in [-0.2, 0) is 19.1 Å². The number of esters is 1. The van der Waals surface area contributed by atoms with Crippen LogP contribution in [0.4, 0.5) is 10.5 Å². The van der Waals surface area contributed by atoms with E-state index in [1.807, 2.05) is 0 Å². The number of nitro groups is 1. The zero-order valence-corrected chi connectivity index (χ0v) is 17.5. The van der Waals surface area contributed by atoms with Crippen LogP contribution in [0.5, 0.6) is 0 Å². The number of fused-ring (bicyclic) bond motifs is 1. The summed E-state index contributed by atoms with van der Waals surface area (Å²) < 4.78 is 10.7. The number of para-hydroxylation sites is 1. The second-order valence-electron chi connectivity index (χ2n) is 7.18. The van der Waals surface area contributed by atoms with Crippen LogP contribution < -0.4 is 4.90 Å². The van der Waals surface area contributed by atoms with Gasteiger partial charge in [-0.3, -0.25) is 19.7 Å². The van der Waals surface area contributed by atoms with Gasteiger partial charge in [0.25, 0.3) is 0 Å². The summed E-state index contributed by atoms with van der Waals surface area (Å²) in [5.74, 6) is -4.24. The number of carbonyl (C=O) groups excluding carboxylic acids is 3. The summed E-state index contributed by atoms with van der Waals surface area (Å²) in [5.41, 5.74) is -0.326. The highest BCUT2D eigenvalue weighted by Gasteiger charge is 2.51. The first kappa shape index (κ1) is 21.8. The molecule has 1 aliphatic heterocycles. The Morgan fingerprint density at radius 1 is 1.36 bits per heavy atom. The van der Waals surface area contributed by atoms with Crippen molar-refractivity contribution in [3.8, 4) is 0 Å². The summed E-state index contributed by atoms with van der Waals surface area (Å²) in [7, 11) is 0. The molecule has 1 aliphatic rings. The van der Waals surface area contributed by atoms with E-state index in [1.54, 1.807) is 45.9 Å². The Labute approximate surface area is 170 Å². The number of nitrogens with zero attached hydrogens (tertiary/aromatic N) is 2. The van der Waals surface area contributed by atoms with Crippen LogP contribution in [-0.4, -0.2) is 41.6 Å². The number of benzene rings is 1. The number of anilines is 1. The lowest BCUT2D eigenvalue weighted by Crippen LogP contribution is -2.42. The van der Waals surface area contributed by atoms with Crippen molar-refractivity contribution in [2.75, 3.05) is 18.1 Å². The van der Waals surface area contributed by atoms with Crippen molar-refractivity contribution in [2.45, 2.75) is 39.2 Å². The standard InChI is InChI=1S/C18H21BrN2O7/c1-5-27-16(23)11(9-20(25)26)13-10-7-6-8-12(19)14(10)21(15(13)22)17(24)28-18(2,3)4/h6-8,11,13H,5,9H2,1-4H3/t11-,13-/m0/s1. The fourth-order valence-corrected chi connectivity index (χ4v) is 3.56. The van der Waals surface area contributed by atoms with E-state index in [9.17, 15) is 24.5 Å². The molecule has 1 heterocycles. The average Bonchev–Trinajstić information content (AvgIpc) is 2.84. The average molecular weight is 457 g/mol. The number of amides is 2. The zero-order chi connectivity index (χ0) is 21.2. The Morgan fingerprint density at radius 2 is 2.00 bits per heavy atom. The van der Waals surface area contributed by atoms with Crippen molar-refractivity contribution in [2.24, 2.45) is 5.92 Å². The summed E-state index contributed by atoms with van der Waals surface area (Å²) in [6.07, 6.45) is -0.920. The molecule has 0 saturated carbocycles. The topological polar surface area (TPSA) is 116 Å². The van der Waals surface area contributed by atoms with Gasteiger partial charge in [-0.15, -0.1) is 0 Å². The Hall–Kier alpha value is -2.49. The normalized spacial score (nSPS) is 17.1. The fourth-order valence-electron chi connectivity index (χ4n) is 3.00. The lowest BCUT2D eigenvalue weighted by molar-refractivity contribution is -0.486. The maximum absolute atomic E-state index is 13.1. The molecule has 0 N–H and O–H groups in total. The molecule has 2 atom stereocenters. The lowest BCUT2D eigenvalue weighted by atomic mass is 9.87. The lowest BCUT2D eigenvalue weighted by Gasteiger charge is -2.24. The van der Waals surface area contributed by atoms with Crippen LogP contribution in [0.15, 0.2) is 22.7 Å². The maximum atomic E-state index is 13.1. The molecule has 0 aromatic heterocycles. The highest BCUT2D eigenvalue weighted by atomic mass is 79.9. The molecule has 0 saturated heterocycles. The van der Waals surface area contributed by atoms with Crippen LogP contribution in [0.3, 0.4) is 0 Å². The molecular weight excluding hydrogens is 436 g/mol. The quantitative estimate of drug-likeness (QED) is 0.379. The molecule has 0 bridgehead atoms. The molecule has 10 heteroatoms. The molecule has 2 amide bonds. The molecule has 28 heavy (non-hydrogen) atoms. The highest BCUT2D eigenvalue weighted by Crippen LogP contribution is 2.46. The number of hydrogen-bond donors (Lipinski definition) is 0. The molecule has 1 aromatic carbocycles. The number of imide groups is 1. The van der Waals surface area contributed by atoms with E-state index in [1.165, 1.54) is 0 Å². The molecule has 0 unspecified atom stereocenters. The maximum Gasteiger partial charge on any atom is 0.421 e. The van der Waals surface area contributed by atoms with Gasteiger partial charge in [-0.25, -0.2) is 9.69 Å². The molecule has 1 aromatic rings. The monoisotopic (exact) mass is 456 g/mol. The van der Waals surface area contributed by atoms with Gasteiger partial charge in [-0.05, 0) is 55.3 Å². The molecule has 0 aliphatic carbocycles. The molecule has 9 nitrogen and oxygen atoms in total. The summed E-state index contributed by atoms with van der Waals surface area (Å²) in [4.78, 5) is 49.5. The molecule has 0 fully saturated rings. The first-order chi connectivity index (χ1) is 13.0. The Kier molecular flexibility index (Phi) is 6.43. The first-order valence-corrected chi connectivity index (χ1v) is 9.41. The Balaban J connectivity index is 2.56. The Bertz CT molecular complexity index is 819. The minimum atomic E-state index is -1.37. The van der Waals surface area contributed by atoms with Gasteiger partial charge in [0.1, 0.15) is 11.5 Å². The first-order valence-electron chi connectivity index (χ1n) is 8.61. The molecule has 0 radical (unpaired) electrons. The van der Waals surface area contributed by atoms with Gasteiger partial charge in [0.15, 0.2) is 0 Å². The van der Waals surface area contributed by atoms with Crippen molar-refractivity contribution < 1.29 is 28.8 Å². The molecule has 0 spiro atoms. The van der Waals surface area contributed by atoms with Crippen molar-refractivity contribution in [1.29, 1.82) is 0 Å². The minimum absolute atomic E-state index is 0.00901. The van der Waals surface area contributed by atoms with Gasteiger partial charge in [0.05, 0.1) is 18.2 Å². The number of carbonyl (C=O) groups is 3. The predicted octanol–water partition coefficient (Wildman–Crippen LogP) is 3.27. The third kappa shape index (κ3) is 4.49. The zero-order valence-electron chi connectivity index (χ0n) is 15.9. The van der Waals surface area contributed by atoms with E-state index >= 15 is 0 Å². The summed E-state index contributed by atoms with van der Waals surface area (Å²) in [6, 6.07) is 4.80. The van der Waals surface area contributed by atoms with Crippen LogP contribution in [0.25, 0.3) is 0 Å². The predicted molar refractivity (Wildman–Crippen MR) is 103 cm³/mol. The van der Waals surface area contributed by atoms with Gasteiger partial charge in [0.2, 0.25) is 12.5 Å². The Morgan fingerprint density at radius 3 is 2.54 bits per heavy atom. The van der Waals surface area contributed by atoms with Crippen LogP contribution in [0.1, 0.15) is 39.2 Å². The number of rotatable bonds is 5. The van der Waals surface area contributed by atoms with Crippen molar-refractivity contribution in [1.82, 2.24) is 0 Å². The van der Waals surface area contributed by atoms with E-state index in [0.717, 1.165) is 4.90 Å². The van der Waals surface area contributed by atoms with E-state index in [4.69, 9.17) is 9.47 Å². The van der Waals surface area contributed by atoms with Gasteiger partial charge in [-0.1, -0.05) is 12.1 Å². The largest absolute Gasteiger partial charge is 0.466 e. The number of ether oxygens (including phenoxy) is 2. The minimum Gasteiger partial charge on any atom is -0.466 e. The van der Waals surface area contributed by atoms with Crippen molar-refractivity contribution in [3.05, 3.63) is 38.3 Å².